The van der Waals surface area contributed by atoms with Crippen LogP contribution in [0, 0.1) is 0 Å². The molecule has 4 nitrogen and oxygen atoms in total. The van der Waals surface area contributed by atoms with Crippen LogP contribution in [0.1, 0.15) is 5.56 Å². The van der Waals surface area contributed by atoms with Gasteiger partial charge in [0.25, 0.3) is 0 Å². The molecular formula is C9H12N2O2S. The SMILES string of the molecule is COC(=O)Cc1ccc(S)cc1NN. The number of hydrazine groups is 1. The first-order valence-corrected chi connectivity index (χ1v) is 4.47. The predicted molar refractivity (Wildman–Crippen MR) is 57.2 cm³/mol. The minimum Gasteiger partial charge on any atom is -0.469 e. The number of anilines is 1. The summed E-state index contributed by atoms with van der Waals surface area (Å²) in [5, 5.41) is 0. The summed E-state index contributed by atoms with van der Waals surface area (Å²) < 4.78 is 4.56. The minimum absolute atomic E-state index is 0.199. The van der Waals surface area contributed by atoms with E-state index in [1.165, 1.54) is 7.11 Å². The van der Waals surface area contributed by atoms with Crippen molar-refractivity contribution in [2.45, 2.75) is 11.3 Å². The second-order valence-electron chi connectivity index (χ2n) is 2.74. The van der Waals surface area contributed by atoms with Crippen molar-refractivity contribution < 1.29 is 9.53 Å². The minimum atomic E-state index is -0.298. The summed E-state index contributed by atoms with van der Waals surface area (Å²) in [6.07, 6.45) is 0.199. The molecule has 0 atom stereocenters. The number of esters is 1. The fourth-order valence-electron chi connectivity index (χ4n) is 1.08. The van der Waals surface area contributed by atoms with Gasteiger partial charge >= 0.3 is 5.97 Å². The van der Waals surface area contributed by atoms with Crippen molar-refractivity contribution in [2.24, 2.45) is 5.84 Å². The molecule has 76 valence electrons. The molecule has 1 aromatic rings. The number of nitrogens with two attached hydrogens (primary N) is 1. The van der Waals surface area contributed by atoms with Gasteiger partial charge in [0.15, 0.2) is 0 Å². The lowest BCUT2D eigenvalue weighted by Gasteiger charge is -2.08. The van der Waals surface area contributed by atoms with Crippen molar-refractivity contribution in [3.8, 4) is 0 Å². The van der Waals surface area contributed by atoms with Gasteiger partial charge in [-0.15, -0.1) is 12.6 Å². The molecule has 0 aliphatic heterocycles. The van der Waals surface area contributed by atoms with Gasteiger partial charge in [-0.3, -0.25) is 10.6 Å². The van der Waals surface area contributed by atoms with Crippen LogP contribution in [0.15, 0.2) is 23.1 Å². The molecule has 0 aliphatic rings. The number of carbonyl (C=O) groups excluding carboxylic acids is 1. The molecule has 0 fully saturated rings. The number of methoxy groups -OCH3 is 1. The topological polar surface area (TPSA) is 64.3 Å². The number of nitrogen functional groups attached to an aromatic ring is 1. The fourth-order valence-corrected chi connectivity index (χ4v) is 1.28. The Kier molecular flexibility index (Phi) is 3.79. The predicted octanol–water partition coefficient (Wildman–Crippen LogP) is 0.976. The molecule has 3 N–H and O–H groups in total. The van der Waals surface area contributed by atoms with E-state index >= 15 is 0 Å². The molecule has 1 rings (SSSR count). The number of hydrogen-bond donors (Lipinski definition) is 3. The first-order valence-electron chi connectivity index (χ1n) is 4.02. The first kappa shape index (κ1) is 10.9. The summed E-state index contributed by atoms with van der Waals surface area (Å²) in [7, 11) is 1.35. The van der Waals surface area contributed by atoms with Crippen LogP contribution >= 0.6 is 12.6 Å². The Morgan fingerprint density at radius 2 is 2.36 bits per heavy atom. The maximum atomic E-state index is 11.0. The van der Waals surface area contributed by atoms with E-state index in [-0.39, 0.29) is 12.4 Å². The zero-order valence-corrected chi connectivity index (χ0v) is 8.67. The van der Waals surface area contributed by atoms with E-state index in [9.17, 15) is 4.79 Å². The number of ether oxygens (including phenoxy) is 1. The van der Waals surface area contributed by atoms with Crippen LogP contribution in [0.3, 0.4) is 0 Å². The van der Waals surface area contributed by atoms with E-state index in [1.54, 1.807) is 18.2 Å². The van der Waals surface area contributed by atoms with Gasteiger partial charge in [-0.05, 0) is 17.7 Å². The molecule has 0 heterocycles. The average molecular weight is 212 g/mol. The number of hydrogen-bond acceptors (Lipinski definition) is 5. The van der Waals surface area contributed by atoms with E-state index in [0.29, 0.717) is 5.69 Å². The summed E-state index contributed by atoms with van der Waals surface area (Å²) in [6, 6.07) is 5.33. The molecule has 0 saturated heterocycles. The molecule has 0 amide bonds. The highest BCUT2D eigenvalue weighted by Crippen LogP contribution is 2.19. The quantitative estimate of drug-likeness (QED) is 0.302. The number of rotatable bonds is 3. The van der Waals surface area contributed by atoms with Gasteiger partial charge in [0.05, 0.1) is 19.2 Å². The second kappa shape index (κ2) is 4.88. The molecule has 0 aromatic heterocycles. The van der Waals surface area contributed by atoms with Gasteiger partial charge < -0.3 is 10.2 Å². The molecular weight excluding hydrogens is 200 g/mol. The van der Waals surface area contributed by atoms with Crippen LogP contribution in [0.25, 0.3) is 0 Å². The maximum absolute atomic E-state index is 11.0. The van der Waals surface area contributed by atoms with Gasteiger partial charge in [0.2, 0.25) is 0 Å². The van der Waals surface area contributed by atoms with Crippen molar-refractivity contribution in [3.05, 3.63) is 23.8 Å². The van der Waals surface area contributed by atoms with Crippen molar-refractivity contribution >= 4 is 24.3 Å². The largest absolute Gasteiger partial charge is 0.469 e. The summed E-state index contributed by atoms with van der Waals surface area (Å²) in [6.45, 7) is 0. The Bertz CT molecular complexity index is 342. The number of benzene rings is 1. The lowest BCUT2D eigenvalue weighted by Crippen LogP contribution is -2.12. The lowest BCUT2D eigenvalue weighted by molar-refractivity contribution is -0.139. The van der Waals surface area contributed by atoms with E-state index in [2.05, 4.69) is 22.8 Å². The molecule has 0 unspecified atom stereocenters. The molecule has 1 aromatic carbocycles. The fraction of sp³-hybridized carbons (Fsp3) is 0.222. The molecule has 0 saturated carbocycles. The molecule has 5 heteroatoms. The van der Waals surface area contributed by atoms with Crippen molar-refractivity contribution in [2.75, 3.05) is 12.5 Å². The second-order valence-corrected chi connectivity index (χ2v) is 3.26. The van der Waals surface area contributed by atoms with Crippen molar-refractivity contribution in [1.29, 1.82) is 0 Å². The Morgan fingerprint density at radius 3 is 2.93 bits per heavy atom. The number of nitrogens with one attached hydrogen (secondary N) is 1. The highest BCUT2D eigenvalue weighted by Gasteiger charge is 2.07. The van der Waals surface area contributed by atoms with Crippen molar-refractivity contribution in [3.63, 3.8) is 0 Å². The third kappa shape index (κ3) is 2.65. The summed E-state index contributed by atoms with van der Waals surface area (Å²) in [5.41, 5.74) is 3.98. The number of thiol groups is 1. The first-order chi connectivity index (χ1) is 6.67. The summed E-state index contributed by atoms with van der Waals surface area (Å²) in [4.78, 5) is 11.8. The van der Waals surface area contributed by atoms with Gasteiger partial charge in [-0.25, -0.2) is 0 Å². The average Bonchev–Trinajstić information content (AvgIpc) is 2.20. The van der Waals surface area contributed by atoms with Crippen LogP contribution in [0.5, 0.6) is 0 Å². The van der Waals surface area contributed by atoms with Crippen LogP contribution in [0.4, 0.5) is 5.69 Å². The molecule has 0 spiro atoms. The highest BCUT2D eigenvalue weighted by molar-refractivity contribution is 7.80. The maximum Gasteiger partial charge on any atom is 0.310 e. The molecule has 14 heavy (non-hydrogen) atoms. The van der Waals surface area contributed by atoms with E-state index < -0.39 is 0 Å². The van der Waals surface area contributed by atoms with Crippen LogP contribution in [-0.2, 0) is 16.0 Å². The standard InChI is InChI=1S/C9H12N2O2S/c1-13-9(12)4-6-2-3-7(14)5-8(6)11-10/h2-3,5,11,14H,4,10H2,1H3. The van der Waals surface area contributed by atoms with Gasteiger partial charge in [0.1, 0.15) is 0 Å². The van der Waals surface area contributed by atoms with E-state index in [1.807, 2.05) is 0 Å². The van der Waals surface area contributed by atoms with Crippen molar-refractivity contribution in [1.82, 2.24) is 0 Å². The molecule has 0 bridgehead atoms. The third-order valence-corrected chi connectivity index (χ3v) is 2.09. The van der Waals surface area contributed by atoms with Crippen LogP contribution < -0.4 is 11.3 Å². The summed E-state index contributed by atoms with van der Waals surface area (Å²) in [5.74, 6) is 5.00. The Balaban J connectivity index is 2.90. The van der Waals surface area contributed by atoms with Gasteiger partial charge in [0, 0.05) is 4.90 Å². The Hall–Kier alpha value is -1.20. The van der Waals surface area contributed by atoms with Gasteiger partial charge in [-0.1, -0.05) is 6.07 Å². The highest BCUT2D eigenvalue weighted by atomic mass is 32.1. The smallest absolute Gasteiger partial charge is 0.310 e. The van der Waals surface area contributed by atoms with Crippen LogP contribution in [0.2, 0.25) is 0 Å². The Morgan fingerprint density at radius 1 is 1.64 bits per heavy atom. The summed E-state index contributed by atoms with van der Waals surface area (Å²) >= 11 is 4.16. The number of carbonyl (C=O) groups is 1. The molecule has 0 aliphatic carbocycles. The normalized spacial score (nSPS) is 9.64. The van der Waals surface area contributed by atoms with Gasteiger partial charge in [-0.2, -0.15) is 0 Å². The lowest BCUT2D eigenvalue weighted by atomic mass is 10.1. The Labute approximate surface area is 87.8 Å². The zero-order valence-electron chi connectivity index (χ0n) is 7.78. The molecule has 0 radical (unpaired) electrons. The van der Waals surface area contributed by atoms with Crippen LogP contribution in [-0.4, -0.2) is 13.1 Å². The zero-order chi connectivity index (χ0) is 10.6. The van der Waals surface area contributed by atoms with E-state index in [4.69, 9.17) is 5.84 Å². The van der Waals surface area contributed by atoms with E-state index in [0.717, 1.165) is 10.5 Å². The monoisotopic (exact) mass is 212 g/mol. The third-order valence-electron chi connectivity index (χ3n) is 1.81.